The molecule has 0 saturated heterocycles. The molecule has 3 aromatic rings. The van der Waals surface area contributed by atoms with Gasteiger partial charge in [0.2, 0.25) is 0 Å². The topological polar surface area (TPSA) is 52.1 Å². The third-order valence-electron chi connectivity index (χ3n) is 3.77. The van der Waals surface area contributed by atoms with Crippen LogP contribution in [0.5, 0.6) is 0 Å². The predicted octanol–water partition coefficient (Wildman–Crippen LogP) is 3.52. The summed E-state index contributed by atoms with van der Waals surface area (Å²) in [5.41, 5.74) is 2.07. The summed E-state index contributed by atoms with van der Waals surface area (Å²) in [6.45, 7) is 3.96. The normalized spacial score (nSPS) is 11.6. The van der Waals surface area contributed by atoms with E-state index in [4.69, 9.17) is 0 Å². The van der Waals surface area contributed by atoms with Gasteiger partial charge in [-0.25, -0.2) is 13.1 Å². The molecule has 0 amide bonds. The molecule has 4 nitrogen and oxygen atoms in total. The number of fused-ring (bicyclic) bond motifs is 1. The lowest BCUT2D eigenvalue weighted by Gasteiger charge is -2.16. The molecule has 0 saturated carbocycles. The molecule has 0 aliphatic heterocycles. The van der Waals surface area contributed by atoms with Crippen LogP contribution >= 0.6 is 0 Å². The van der Waals surface area contributed by atoms with Crippen LogP contribution in [0.25, 0.3) is 15.6 Å². The van der Waals surface area contributed by atoms with Crippen molar-refractivity contribution in [3.05, 3.63) is 76.9 Å². The Morgan fingerprint density at radius 2 is 1.70 bits per heavy atom. The van der Waals surface area contributed by atoms with Crippen LogP contribution < -0.4 is 4.68 Å². The van der Waals surface area contributed by atoms with Crippen molar-refractivity contribution >= 4 is 20.8 Å². The molecule has 0 fully saturated rings. The average molecular weight is 326 g/mol. The number of aryl methyl sites for hydroxylation is 2. The lowest BCUT2D eigenvalue weighted by molar-refractivity contribution is -0.612. The zero-order valence-corrected chi connectivity index (χ0v) is 13.9. The highest BCUT2D eigenvalue weighted by Gasteiger charge is 2.11. The van der Waals surface area contributed by atoms with Crippen molar-refractivity contribution in [2.45, 2.75) is 25.2 Å². The highest BCUT2D eigenvalue weighted by Crippen LogP contribution is 2.19. The van der Waals surface area contributed by atoms with E-state index in [1.54, 1.807) is 36.7 Å². The third-order valence-corrected chi connectivity index (χ3v) is 5.04. The third kappa shape index (κ3) is 3.19. The van der Waals surface area contributed by atoms with Gasteiger partial charge in [0.25, 0.3) is 0 Å². The molecule has 2 aromatic carbocycles. The molecule has 0 spiro atoms. The number of aromatic nitrogens is 1. The summed E-state index contributed by atoms with van der Waals surface area (Å²) in [6, 6.07) is 14.6. The highest BCUT2D eigenvalue weighted by atomic mass is 32.2. The van der Waals surface area contributed by atoms with Crippen LogP contribution in [0.3, 0.4) is 0 Å². The number of hydrogen-bond acceptors (Lipinski definition) is 2. The summed E-state index contributed by atoms with van der Waals surface area (Å²) < 4.78 is 26.3. The van der Waals surface area contributed by atoms with Crippen molar-refractivity contribution in [1.82, 2.24) is 0 Å². The van der Waals surface area contributed by atoms with Gasteiger partial charge in [0.1, 0.15) is 0 Å². The Labute approximate surface area is 136 Å². The smallest absolute Gasteiger partial charge is 0.172 e. The SMILES string of the molecule is CCc1c[n+]([N-]S(=O)(=O)c2ccc(C)cc2)cc2ccccc12. The fourth-order valence-corrected chi connectivity index (χ4v) is 3.44. The van der Waals surface area contributed by atoms with E-state index in [-0.39, 0.29) is 4.90 Å². The fraction of sp³-hybridized carbons (Fsp3) is 0.167. The maximum Gasteiger partial charge on any atom is 0.172 e. The minimum atomic E-state index is -3.74. The van der Waals surface area contributed by atoms with Crippen LogP contribution in [0.4, 0.5) is 0 Å². The zero-order chi connectivity index (χ0) is 16.4. The Hall–Kier alpha value is -2.40. The number of pyridine rings is 1. The highest BCUT2D eigenvalue weighted by molar-refractivity contribution is 7.93. The van der Waals surface area contributed by atoms with Crippen molar-refractivity contribution in [3.63, 3.8) is 0 Å². The second-order valence-corrected chi connectivity index (χ2v) is 7.06. The average Bonchev–Trinajstić information content (AvgIpc) is 2.54. The van der Waals surface area contributed by atoms with E-state index in [0.29, 0.717) is 0 Å². The monoisotopic (exact) mass is 326 g/mol. The summed E-state index contributed by atoms with van der Waals surface area (Å²) in [6.07, 6.45) is 4.32. The fourth-order valence-electron chi connectivity index (χ4n) is 2.52. The van der Waals surface area contributed by atoms with Crippen molar-refractivity contribution in [2.24, 2.45) is 0 Å². The van der Waals surface area contributed by atoms with Crippen LogP contribution in [-0.4, -0.2) is 8.42 Å². The number of nitrogens with zero attached hydrogens (tertiary/aromatic N) is 2. The Morgan fingerprint density at radius 1 is 1.00 bits per heavy atom. The molecule has 0 aliphatic rings. The summed E-state index contributed by atoms with van der Waals surface area (Å²) in [4.78, 5) is 4.13. The van der Waals surface area contributed by atoms with E-state index in [1.807, 2.05) is 38.1 Å². The first kappa shape index (κ1) is 15.5. The molecular weight excluding hydrogens is 308 g/mol. The van der Waals surface area contributed by atoms with Gasteiger partial charge in [-0.2, -0.15) is 0 Å². The predicted molar refractivity (Wildman–Crippen MR) is 90.6 cm³/mol. The number of rotatable bonds is 4. The van der Waals surface area contributed by atoms with Gasteiger partial charge in [-0.05, 0) is 36.9 Å². The standard InChI is InChI=1S/C18H18N2O2S/c1-3-15-12-20(13-16-6-4-5-7-18(15)16)19-23(21,22)17-10-8-14(2)9-11-17/h4-13H,3H2,1-2H3. The van der Waals surface area contributed by atoms with Crippen LogP contribution in [0.15, 0.2) is 65.8 Å². The van der Waals surface area contributed by atoms with Gasteiger partial charge in [0.15, 0.2) is 22.4 Å². The molecular formula is C18H18N2O2S. The molecule has 5 heteroatoms. The first-order valence-electron chi connectivity index (χ1n) is 7.47. The van der Waals surface area contributed by atoms with Gasteiger partial charge in [-0.3, -0.25) is 0 Å². The quantitative estimate of drug-likeness (QED) is 0.689. The van der Waals surface area contributed by atoms with E-state index in [9.17, 15) is 8.42 Å². The van der Waals surface area contributed by atoms with Crippen molar-refractivity contribution in [2.75, 3.05) is 0 Å². The Kier molecular flexibility index (Phi) is 4.05. The molecule has 118 valence electrons. The Bertz CT molecular complexity index is 948. The van der Waals surface area contributed by atoms with Crippen LogP contribution in [0.1, 0.15) is 18.1 Å². The lowest BCUT2D eigenvalue weighted by atomic mass is 10.1. The maximum atomic E-state index is 12.5. The lowest BCUT2D eigenvalue weighted by Crippen LogP contribution is -2.32. The maximum absolute atomic E-state index is 12.5. The van der Waals surface area contributed by atoms with Gasteiger partial charge in [-0.15, -0.1) is 0 Å². The van der Waals surface area contributed by atoms with Gasteiger partial charge < -0.3 is 4.83 Å². The van der Waals surface area contributed by atoms with E-state index in [2.05, 4.69) is 4.83 Å². The van der Waals surface area contributed by atoms with Gasteiger partial charge >= 0.3 is 0 Å². The molecule has 1 aromatic heterocycles. The van der Waals surface area contributed by atoms with Gasteiger partial charge in [0, 0.05) is 10.9 Å². The second-order valence-electron chi connectivity index (χ2n) is 5.47. The number of hydrogen-bond donors (Lipinski definition) is 0. The van der Waals surface area contributed by atoms with Crippen molar-refractivity contribution < 1.29 is 13.1 Å². The van der Waals surface area contributed by atoms with Crippen molar-refractivity contribution in [3.8, 4) is 0 Å². The van der Waals surface area contributed by atoms with E-state index >= 15 is 0 Å². The molecule has 0 aliphatic carbocycles. The Morgan fingerprint density at radius 3 is 2.39 bits per heavy atom. The molecule has 23 heavy (non-hydrogen) atoms. The molecule has 1 heterocycles. The molecule has 0 bridgehead atoms. The second kappa shape index (κ2) is 6.01. The van der Waals surface area contributed by atoms with Crippen LogP contribution in [0, 0.1) is 6.92 Å². The summed E-state index contributed by atoms with van der Waals surface area (Å²) >= 11 is 0. The zero-order valence-electron chi connectivity index (χ0n) is 13.1. The first-order chi connectivity index (χ1) is 11.0. The summed E-state index contributed by atoms with van der Waals surface area (Å²) in [5.74, 6) is 0. The summed E-state index contributed by atoms with van der Waals surface area (Å²) in [5, 5.41) is 2.09. The van der Waals surface area contributed by atoms with E-state index < -0.39 is 10.0 Å². The van der Waals surface area contributed by atoms with Gasteiger partial charge in [-0.1, -0.05) is 42.8 Å². The molecule has 0 unspecified atom stereocenters. The van der Waals surface area contributed by atoms with E-state index in [0.717, 1.165) is 28.3 Å². The van der Waals surface area contributed by atoms with Crippen LogP contribution in [0.2, 0.25) is 0 Å². The van der Waals surface area contributed by atoms with E-state index in [1.165, 1.54) is 4.68 Å². The molecule has 0 radical (unpaired) electrons. The number of benzene rings is 2. The van der Waals surface area contributed by atoms with Crippen molar-refractivity contribution in [1.29, 1.82) is 0 Å². The molecule has 0 N–H and O–H groups in total. The number of sulfonamides is 1. The largest absolute Gasteiger partial charge is 0.318 e. The first-order valence-corrected chi connectivity index (χ1v) is 8.91. The minimum Gasteiger partial charge on any atom is -0.318 e. The minimum absolute atomic E-state index is 0.196. The van der Waals surface area contributed by atoms with Gasteiger partial charge in [0.05, 0.1) is 4.90 Å². The molecule has 3 rings (SSSR count). The Balaban J connectivity index is 2.02. The summed E-state index contributed by atoms with van der Waals surface area (Å²) in [7, 11) is -3.74. The molecule has 0 atom stereocenters. The van der Waals surface area contributed by atoms with Crippen LogP contribution in [-0.2, 0) is 16.4 Å².